The molecule has 8 heteroatoms. The summed E-state index contributed by atoms with van der Waals surface area (Å²) in [4.78, 5) is 31.2. The fourth-order valence-electron chi connectivity index (χ4n) is 3.32. The third-order valence-electron chi connectivity index (χ3n) is 4.73. The smallest absolute Gasteiger partial charge is 0.286 e. The van der Waals surface area contributed by atoms with Crippen molar-refractivity contribution in [3.8, 4) is 0 Å². The Hall–Kier alpha value is -2.38. The molecule has 28 heavy (non-hydrogen) atoms. The first-order valence-electron chi connectivity index (χ1n) is 9.46. The summed E-state index contributed by atoms with van der Waals surface area (Å²) in [5.74, 6) is -0.0160. The summed E-state index contributed by atoms with van der Waals surface area (Å²) in [6.45, 7) is 2.67. The predicted molar refractivity (Wildman–Crippen MR) is 108 cm³/mol. The Balaban J connectivity index is 0.00000280. The van der Waals surface area contributed by atoms with Gasteiger partial charge in [0.1, 0.15) is 0 Å². The Morgan fingerprint density at radius 1 is 1.21 bits per heavy atom. The molecule has 7 nitrogen and oxygen atoms in total. The average molecular weight is 407 g/mol. The van der Waals surface area contributed by atoms with E-state index in [2.05, 4.69) is 15.6 Å². The van der Waals surface area contributed by atoms with Crippen LogP contribution in [0.2, 0.25) is 0 Å². The Bertz CT molecular complexity index is 716. The maximum absolute atomic E-state index is 12.9. The van der Waals surface area contributed by atoms with Gasteiger partial charge in [-0.05, 0) is 56.6 Å². The molecule has 2 aromatic heterocycles. The Morgan fingerprint density at radius 3 is 2.86 bits per heavy atom. The van der Waals surface area contributed by atoms with Gasteiger partial charge in [0.25, 0.3) is 5.91 Å². The van der Waals surface area contributed by atoms with Crippen molar-refractivity contribution in [2.45, 2.75) is 38.3 Å². The quantitative estimate of drug-likeness (QED) is 0.737. The minimum Gasteiger partial charge on any atom is -0.459 e. The lowest BCUT2D eigenvalue weighted by Gasteiger charge is -2.31. The number of carbonyl (C=O) groups is 2. The normalized spacial score (nSPS) is 16.5. The minimum atomic E-state index is -0.303. The number of aromatic nitrogens is 1. The van der Waals surface area contributed by atoms with Gasteiger partial charge in [-0.15, -0.1) is 12.4 Å². The molecule has 1 atom stereocenters. The number of nitrogens with one attached hydrogen (secondary N) is 2. The van der Waals surface area contributed by atoms with Crippen LogP contribution in [-0.2, 0) is 11.3 Å². The molecule has 1 fully saturated rings. The topological polar surface area (TPSA) is 87.5 Å². The number of furan rings is 1. The van der Waals surface area contributed by atoms with E-state index in [0.717, 1.165) is 38.0 Å². The van der Waals surface area contributed by atoms with Crippen molar-refractivity contribution in [1.29, 1.82) is 0 Å². The highest BCUT2D eigenvalue weighted by Crippen LogP contribution is 2.17. The van der Waals surface area contributed by atoms with Crippen molar-refractivity contribution in [3.63, 3.8) is 0 Å². The van der Waals surface area contributed by atoms with Crippen LogP contribution in [0.4, 0.5) is 0 Å². The number of amides is 2. The zero-order valence-corrected chi connectivity index (χ0v) is 16.6. The van der Waals surface area contributed by atoms with E-state index < -0.39 is 0 Å². The molecule has 3 heterocycles. The maximum atomic E-state index is 12.9. The lowest BCUT2D eigenvalue weighted by atomic mass is 10.1. The number of rotatable bonds is 7. The average Bonchev–Trinajstić information content (AvgIpc) is 3.10. The molecule has 1 saturated heterocycles. The van der Waals surface area contributed by atoms with Crippen LogP contribution in [0.5, 0.6) is 0 Å². The van der Waals surface area contributed by atoms with Crippen LogP contribution in [0.15, 0.2) is 47.2 Å². The molecule has 0 spiro atoms. The van der Waals surface area contributed by atoms with Crippen LogP contribution in [-0.4, -0.2) is 47.4 Å². The molecule has 2 aromatic rings. The fraction of sp³-hybridized carbons (Fsp3) is 0.450. The predicted octanol–water partition coefficient (Wildman–Crippen LogP) is 2.39. The largest absolute Gasteiger partial charge is 0.459 e. The number of nitrogens with zero attached hydrogens (tertiary/aromatic N) is 2. The van der Waals surface area contributed by atoms with E-state index in [1.165, 1.54) is 6.26 Å². The summed E-state index contributed by atoms with van der Waals surface area (Å²) >= 11 is 0. The molecule has 0 aromatic carbocycles. The van der Waals surface area contributed by atoms with Gasteiger partial charge in [-0.2, -0.15) is 0 Å². The highest BCUT2D eigenvalue weighted by molar-refractivity contribution is 5.91. The van der Waals surface area contributed by atoms with Gasteiger partial charge >= 0.3 is 0 Å². The molecule has 3 rings (SSSR count). The summed E-state index contributed by atoms with van der Waals surface area (Å²) in [6.07, 6.45) is 6.40. The second kappa shape index (κ2) is 11.5. The van der Waals surface area contributed by atoms with E-state index in [9.17, 15) is 9.59 Å². The Labute approximate surface area is 171 Å². The first-order valence-corrected chi connectivity index (χ1v) is 9.46. The van der Waals surface area contributed by atoms with Crippen molar-refractivity contribution in [2.24, 2.45) is 0 Å². The summed E-state index contributed by atoms with van der Waals surface area (Å²) < 4.78 is 5.07. The molecular weight excluding hydrogens is 380 g/mol. The third kappa shape index (κ3) is 6.35. The number of halogens is 1. The monoisotopic (exact) mass is 406 g/mol. The number of carbonyl (C=O) groups excluding carboxylic acids is 2. The second-order valence-electron chi connectivity index (χ2n) is 6.66. The molecular formula is C20H27ClN4O3. The van der Waals surface area contributed by atoms with E-state index in [4.69, 9.17) is 4.42 Å². The van der Waals surface area contributed by atoms with Crippen LogP contribution < -0.4 is 10.6 Å². The van der Waals surface area contributed by atoms with E-state index in [-0.39, 0.29) is 49.0 Å². The zero-order valence-electron chi connectivity index (χ0n) is 15.8. The van der Waals surface area contributed by atoms with Crippen molar-refractivity contribution in [1.82, 2.24) is 20.5 Å². The SMILES string of the molecule is Cl.O=C(NCCC(=O)N(Cc1ccccn1)C1CCCNCC1)c1ccco1. The number of pyridine rings is 1. The van der Waals surface area contributed by atoms with Gasteiger partial charge in [-0.25, -0.2) is 0 Å². The Kier molecular flexibility index (Phi) is 8.97. The van der Waals surface area contributed by atoms with E-state index in [0.29, 0.717) is 6.54 Å². The molecule has 0 saturated carbocycles. The van der Waals surface area contributed by atoms with Crippen molar-refractivity contribution < 1.29 is 14.0 Å². The fourth-order valence-corrected chi connectivity index (χ4v) is 3.32. The summed E-state index contributed by atoms with van der Waals surface area (Å²) in [6, 6.07) is 9.19. The molecule has 2 N–H and O–H groups in total. The van der Waals surface area contributed by atoms with Gasteiger partial charge in [-0.1, -0.05) is 6.07 Å². The zero-order chi connectivity index (χ0) is 18.9. The van der Waals surface area contributed by atoms with E-state index in [1.807, 2.05) is 23.1 Å². The van der Waals surface area contributed by atoms with Gasteiger partial charge in [0, 0.05) is 25.2 Å². The van der Waals surface area contributed by atoms with E-state index >= 15 is 0 Å². The number of hydrogen-bond acceptors (Lipinski definition) is 5. The van der Waals surface area contributed by atoms with Crippen molar-refractivity contribution >= 4 is 24.2 Å². The molecule has 0 radical (unpaired) electrons. The lowest BCUT2D eigenvalue weighted by molar-refractivity contribution is -0.134. The Morgan fingerprint density at radius 2 is 2.11 bits per heavy atom. The van der Waals surface area contributed by atoms with Crippen LogP contribution >= 0.6 is 12.4 Å². The highest BCUT2D eigenvalue weighted by atomic mass is 35.5. The van der Waals surface area contributed by atoms with Gasteiger partial charge in [0.2, 0.25) is 5.91 Å². The van der Waals surface area contributed by atoms with Gasteiger partial charge in [0.05, 0.1) is 18.5 Å². The van der Waals surface area contributed by atoms with Gasteiger partial charge < -0.3 is 20.0 Å². The molecule has 0 aliphatic carbocycles. The summed E-state index contributed by atoms with van der Waals surface area (Å²) in [7, 11) is 0. The third-order valence-corrected chi connectivity index (χ3v) is 4.73. The molecule has 1 aliphatic heterocycles. The molecule has 1 unspecified atom stereocenters. The maximum Gasteiger partial charge on any atom is 0.286 e. The van der Waals surface area contributed by atoms with Crippen molar-refractivity contribution in [3.05, 3.63) is 54.2 Å². The van der Waals surface area contributed by atoms with Crippen LogP contribution in [0.3, 0.4) is 0 Å². The number of hydrogen-bond donors (Lipinski definition) is 2. The van der Waals surface area contributed by atoms with Crippen LogP contribution in [0, 0.1) is 0 Å². The van der Waals surface area contributed by atoms with Crippen LogP contribution in [0.1, 0.15) is 41.9 Å². The first-order chi connectivity index (χ1) is 13.2. The molecule has 152 valence electrons. The van der Waals surface area contributed by atoms with Gasteiger partial charge in [-0.3, -0.25) is 14.6 Å². The summed E-state index contributed by atoms with van der Waals surface area (Å²) in [5.41, 5.74) is 0.877. The lowest BCUT2D eigenvalue weighted by Crippen LogP contribution is -2.42. The summed E-state index contributed by atoms with van der Waals surface area (Å²) in [5, 5.41) is 6.13. The van der Waals surface area contributed by atoms with Crippen molar-refractivity contribution in [2.75, 3.05) is 19.6 Å². The molecule has 0 bridgehead atoms. The van der Waals surface area contributed by atoms with E-state index in [1.54, 1.807) is 18.3 Å². The van der Waals surface area contributed by atoms with Gasteiger partial charge in [0.15, 0.2) is 5.76 Å². The first kappa shape index (κ1) is 21.9. The molecule has 2 amide bonds. The highest BCUT2D eigenvalue weighted by Gasteiger charge is 2.25. The minimum absolute atomic E-state index is 0. The standard InChI is InChI=1S/C20H26N4O3.ClH/c25-19(9-13-23-20(26)18-7-4-14-27-18)24(15-16-5-1-2-11-22-16)17-6-3-10-21-12-8-17;/h1-2,4-5,7,11,14,17,21H,3,6,8-10,12-13,15H2,(H,23,26);1H. The van der Waals surface area contributed by atoms with Crippen LogP contribution in [0.25, 0.3) is 0 Å². The molecule has 1 aliphatic rings. The second-order valence-corrected chi connectivity index (χ2v) is 6.66.